The van der Waals surface area contributed by atoms with Crippen LogP contribution in [-0.2, 0) is 11.3 Å². The molecule has 3 rings (SSSR count). The van der Waals surface area contributed by atoms with Crippen molar-refractivity contribution in [2.45, 2.75) is 39.2 Å². The molecule has 6 nitrogen and oxygen atoms in total. The Kier molecular flexibility index (Phi) is 5.38. The fraction of sp³-hybridized carbons (Fsp3) is 0.474. The van der Waals surface area contributed by atoms with E-state index in [1.54, 1.807) is 13.3 Å². The van der Waals surface area contributed by atoms with Gasteiger partial charge in [-0.3, -0.25) is 9.78 Å². The van der Waals surface area contributed by atoms with Crippen LogP contribution in [0.2, 0.25) is 0 Å². The van der Waals surface area contributed by atoms with Gasteiger partial charge >= 0.3 is 0 Å². The molecule has 1 aliphatic rings. The third kappa shape index (κ3) is 4.02. The van der Waals surface area contributed by atoms with Crippen LogP contribution >= 0.6 is 0 Å². The molecule has 1 amide bonds. The Bertz CT molecular complexity index is 738. The van der Waals surface area contributed by atoms with Gasteiger partial charge in [0.1, 0.15) is 5.82 Å². The molecule has 0 atom stereocenters. The molecular weight excluding hydrogens is 316 g/mol. The molecule has 25 heavy (non-hydrogen) atoms. The Labute approximate surface area is 148 Å². The van der Waals surface area contributed by atoms with Crippen LogP contribution in [0.15, 0.2) is 24.5 Å². The summed E-state index contributed by atoms with van der Waals surface area (Å²) < 4.78 is 5.27. The number of rotatable bonds is 4. The van der Waals surface area contributed by atoms with E-state index < -0.39 is 0 Å². The molecule has 0 spiro atoms. The molecule has 2 aromatic rings. The van der Waals surface area contributed by atoms with E-state index in [-0.39, 0.29) is 5.91 Å². The highest BCUT2D eigenvalue weighted by molar-refractivity contribution is 5.94. The van der Waals surface area contributed by atoms with Crippen molar-refractivity contribution >= 4 is 5.91 Å². The molecule has 0 bridgehead atoms. The number of hydrogen-bond acceptors (Lipinski definition) is 5. The minimum atomic E-state index is 0.0573. The van der Waals surface area contributed by atoms with Crippen molar-refractivity contribution in [2.24, 2.45) is 0 Å². The fourth-order valence-electron chi connectivity index (χ4n) is 3.27. The Morgan fingerprint density at radius 1 is 1.20 bits per heavy atom. The molecule has 0 unspecified atom stereocenters. The van der Waals surface area contributed by atoms with Crippen molar-refractivity contribution in [3.8, 4) is 0 Å². The Morgan fingerprint density at radius 2 is 1.96 bits per heavy atom. The number of ether oxygens (including phenoxy) is 1. The Balaban J connectivity index is 1.68. The highest BCUT2D eigenvalue weighted by Crippen LogP contribution is 2.29. The summed E-state index contributed by atoms with van der Waals surface area (Å²) in [7, 11) is 1.68. The third-order valence-electron chi connectivity index (χ3n) is 4.65. The van der Waals surface area contributed by atoms with Crippen LogP contribution in [0.1, 0.15) is 51.9 Å². The summed E-state index contributed by atoms with van der Waals surface area (Å²) in [5.41, 5.74) is 3.68. The van der Waals surface area contributed by atoms with Crippen LogP contribution < -0.4 is 0 Å². The highest BCUT2D eigenvalue weighted by Gasteiger charge is 2.27. The predicted molar refractivity (Wildman–Crippen MR) is 94.3 cm³/mol. The smallest absolute Gasteiger partial charge is 0.255 e. The summed E-state index contributed by atoms with van der Waals surface area (Å²) in [6.07, 6.45) is 5.32. The first-order chi connectivity index (χ1) is 12.1. The zero-order chi connectivity index (χ0) is 17.8. The average Bonchev–Trinajstić information content (AvgIpc) is 2.63. The van der Waals surface area contributed by atoms with Crippen LogP contribution in [-0.4, -0.2) is 46.0 Å². The molecule has 3 heterocycles. The number of hydrogen-bond donors (Lipinski definition) is 0. The fourth-order valence-corrected chi connectivity index (χ4v) is 3.27. The number of nitrogens with zero attached hydrogens (tertiary/aromatic N) is 4. The molecule has 1 aliphatic heterocycles. The lowest BCUT2D eigenvalue weighted by Crippen LogP contribution is -2.38. The van der Waals surface area contributed by atoms with Crippen LogP contribution in [0.3, 0.4) is 0 Å². The van der Waals surface area contributed by atoms with Gasteiger partial charge in [-0.1, -0.05) is 0 Å². The number of likely N-dealkylation sites (tertiary alicyclic amines) is 1. The van der Waals surface area contributed by atoms with Gasteiger partial charge < -0.3 is 9.64 Å². The molecule has 132 valence electrons. The molecule has 0 N–H and O–H groups in total. The standard InChI is InChI=1S/C19H24N4O2/c1-13-4-5-16(10-20-13)19(24)23-8-6-15(7-9-23)18-17(12-25-3)11-21-14(2)22-18/h4-5,10-11,15H,6-9,12H2,1-3H3. The van der Waals surface area contributed by atoms with Gasteiger partial charge in [-0.05, 0) is 38.8 Å². The number of methoxy groups -OCH3 is 1. The summed E-state index contributed by atoms with van der Waals surface area (Å²) in [6.45, 7) is 5.80. The number of carbonyl (C=O) groups excluding carboxylic acids is 1. The van der Waals surface area contributed by atoms with E-state index in [0.29, 0.717) is 18.1 Å². The van der Waals surface area contributed by atoms with Gasteiger partial charge in [-0.15, -0.1) is 0 Å². The second-order valence-corrected chi connectivity index (χ2v) is 6.52. The summed E-state index contributed by atoms with van der Waals surface area (Å²) in [5, 5.41) is 0. The summed E-state index contributed by atoms with van der Waals surface area (Å²) in [6, 6.07) is 3.72. The van der Waals surface area contributed by atoms with E-state index in [0.717, 1.165) is 48.7 Å². The average molecular weight is 340 g/mol. The van der Waals surface area contributed by atoms with Crippen molar-refractivity contribution in [2.75, 3.05) is 20.2 Å². The van der Waals surface area contributed by atoms with E-state index in [1.165, 1.54) is 0 Å². The lowest BCUT2D eigenvalue weighted by Gasteiger charge is -2.32. The van der Waals surface area contributed by atoms with E-state index >= 15 is 0 Å². The maximum absolute atomic E-state index is 12.6. The van der Waals surface area contributed by atoms with Crippen molar-refractivity contribution in [1.29, 1.82) is 0 Å². The summed E-state index contributed by atoms with van der Waals surface area (Å²) >= 11 is 0. The molecular formula is C19H24N4O2. The number of aromatic nitrogens is 3. The quantitative estimate of drug-likeness (QED) is 0.856. The second kappa shape index (κ2) is 7.70. The topological polar surface area (TPSA) is 68.2 Å². The molecule has 0 radical (unpaired) electrons. The summed E-state index contributed by atoms with van der Waals surface area (Å²) in [5.74, 6) is 1.17. The lowest BCUT2D eigenvalue weighted by atomic mass is 9.90. The van der Waals surface area contributed by atoms with Gasteiger partial charge in [0.2, 0.25) is 0 Å². The molecule has 0 saturated carbocycles. The van der Waals surface area contributed by atoms with Crippen LogP contribution in [0.5, 0.6) is 0 Å². The number of carbonyl (C=O) groups is 1. The van der Waals surface area contributed by atoms with Crippen molar-refractivity contribution in [3.05, 3.63) is 52.9 Å². The van der Waals surface area contributed by atoms with Gasteiger partial charge in [0.15, 0.2) is 0 Å². The number of pyridine rings is 1. The minimum absolute atomic E-state index is 0.0573. The predicted octanol–water partition coefficient (Wildman–Crippen LogP) is 2.65. The normalized spacial score (nSPS) is 15.4. The number of amides is 1. The van der Waals surface area contributed by atoms with Gasteiger partial charge in [0.25, 0.3) is 5.91 Å². The second-order valence-electron chi connectivity index (χ2n) is 6.52. The molecule has 0 aromatic carbocycles. The van der Waals surface area contributed by atoms with Gasteiger partial charge in [0, 0.05) is 49.8 Å². The third-order valence-corrected chi connectivity index (χ3v) is 4.65. The van der Waals surface area contributed by atoms with Crippen LogP contribution in [0.25, 0.3) is 0 Å². The maximum Gasteiger partial charge on any atom is 0.255 e. The summed E-state index contributed by atoms with van der Waals surface area (Å²) in [4.78, 5) is 27.7. The number of piperidine rings is 1. The first-order valence-corrected chi connectivity index (χ1v) is 8.61. The molecule has 1 saturated heterocycles. The molecule has 6 heteroatoms. The largest absolute Gasteiger partial charge is 0.380 e. The van der Waals surface area contributed by atoms with Crippen molar-refractivity contribution in [3.63, 3.8) is 0 Å². The molecule has 2 aromatic heterocycles. The van der Waals surface area contributed by atoms with E-state index in [4.69, 9.17) is 4.74 Å². The van der Waals surface area contributed by atoms with Crippen molar-refractivity contribution in [1.82, 2.24) is 19.9 Å². The zero-order valence-electron chi connectivity index (χ0n) is 15.0. The monoisotopic (exact) mass is 340 g/mol. The van der Waals surface area contributed by atoms with E-state index in [9.17, 15) is 4.79 Å². The van der Waals surface area contributed by atoms with Crippen molar-refractivity contribution < 1.29 is 9.53 Å². The SMILES string of the molecule is COCc1cnc(C)nc1C1CCN(C(=O)c2ccc(C)nc2)CC1. The first kappa shape index (κ1) is 17.5. The zero-order valence-corrected chi connectivity index (χ0v) is 15.0. The number of aryl methyl sites for hydroxylation is 2. The Hall–Kier alpha value is -2.34. The maximum atomic E-state index is 12.6. The molecule has 0 aliphatic carbocycles. The van der Waals surface area contributed by atoms with Crippen LogP contribution in [0, 0.1) is 13.8 Å². The van der Waals surface area contributed by atoms with Crippen LogP contribution in [0.4, 0.5) is 0 Å². The van der Waals surface area contributed by atoms with E-state index in [2.05, 4.69) is 15.0 Å². The molecule has 1 fully saturated rings. The lowest BCUT2D eigenvalue weighted by molar-refractivity contribution is 0.0710. The highest BCUT2D eigenvalue weighted by atomic mass is 16.5. The van der Waals surface area contributed by atoms with Gasteiger partial charge in [-0.2, -0.15) is 0 Å². The van der Waals surface area contributed by atoms with E-state index in [1.807, 2.05) is 37.1 Å². The van der Waals surface area contributed by atoms with Gasteiger partial charge in [-0.25, -0.2) is 9.97 Å². The van der Waals surface area contributed by atoms with Gasteiger partial charge in [0.05, 0.1) is 17.9 Å². The first-order valence-electron chi connectivity index (χ1n) is 8.61. The minimum Gasteiger partial charge on any atom is -0.380 e. The Morgan fingerprint density at radius 3 is 2.60 bits per heavy atom.